The van der Waals surface area contributed by atoms with Gasteiger partial charge in [-0.05, 0) is 37.4 Å². The molecule has 0 aromatic carbocycles. The average Bonchev–Trinajstić information content (AvgIpc) is 2.42. The van der Waals surface area contributed by atoms with Crippen LogP contribution in [0.2, 0.25) is 0 Å². The zero-order chi connectivity index (χ0) is 13.0. The monoisotopic (exact) mass is 250 g/mol. The standard InChI is InChI=1S/C15H23FN2/c1-3-11-6-4-5-7-13(11)15(17-2)14-9-8-12(16)10-18-14/h8-11,13,15,17H,3-7H2,1-2H3. The molecule has 1 fully saturated rings. The quantitative estimate of drug-likeness (QED) is 0.881. The van der Waals surface area contributed by atoms with Gasteiger partial charge in [-0.25, -0.2) is 4.39 Å². The topological polar surface area (TPSA) is 24.9 Å². The predicted octanol–water partition coefficient (Wildman–Crippen LogP) is 3.70. The molecule has 2 nitrogen and oxygen atoms in total. The molecule has 0 radical (unpaired) electrons. The molecule has 0 amide bonds. The minimum Gasteiger partial charge on any atom is -0.311 e. The van der Waals surface area contributed by atoms with Gasteiger partial charge in [0.05, 0.1) is 17.9 Å². The Labute approximate surface area is 109 Å². The van der Waals surface area contributed by atoms with Crippen molar-refractivity contribution in [2.24, 2.45) is 11.8 Å². The van der Waals surface area contributed by atoms with Gasteiger partial charge in [0.15, 0.2) is 0 Å². The molecule has 1 saturated carbocycles. The Kier molecular flexibility index (Phi) is 4.70. The van der Waals surface area contributed by atoms with E-state index in [-0.39, 0.29) is 11.9 Å². The highest BCUT2D eigenvalue weighted by Crippen LogP contribution is 2.39. The van der Waals surface area contributed by atoms with Crippen molar-refractivity contribution in [2.75, 3.05) is 7.05 Å². The highest BCUT2D eigenvalue weighted by atomic mass is 19.1. The van der Waals surface area contributed by atoms with E-state index >= 15 is 0 Å². The molecule has 2 rings (SSSR count). The van der Waals surface area contributed by atoms with Gasteiger partial charge in [-0.3, -0.25) is 4.98 Å². The van der Waals surface area contributed by atoms with Crippen molar-refractivity contribution in [3.63, 3.8) is 0 Å². The molecule has 3 atom stereocenters. The summed E-state index contributed by atoms with van der Waals surface area (Å²) in [4.78, 5) is 4.26. The number of halogens is 1. The molecule has 3 heteroatoms. The second-order valence-electron chi connectivity index (χ2n) is 5.28. The van der Waals surface area contributed by atoms with Crippen LogP contribution in [0.5, 0.6) is 0 Å². The largest absolute Gasteiger partial charge is 0.311 e. The fourth-order valence-electron chi connectivity index (χ4n) is 3.33. The lowest BCUT2D eigenvalue weighted by molar-refractivity contribution is 0.178. The van der Waals surface area contributed by atoms with Crippen LogP contribution in [0.4, 0.5) is 4.39 Å². The second-order valence-corrected chi connectivity index (χ2v) is 5.28. The summed E-state index contributed by atoms with van der Waals surface area (Å²) in [7, 11) is 1.98. The SMILES string of the molecule is CCC1CCCCC1C(NC)c1ccc(F)cn1. The number of hydrogen-bond donors (Lipinski definition) is 1. The average molecular weight is 250 g/mol. The van der Waals surface area contributed by atoms with E-state index in [1.54, 1.807) is 0 Å². The van der Waals surface area contributed by atoms with E-state index in [2.05, 4.69) is 17.2 Å². The van der Waals surface area contributed by atoms with Gasteiger partial charge in [0.25, 0.3) is 0 Å². The maximum absolute atomic E-state index is 13.0. The summed E-state index contributed by atoms with van der Waals surface area (Å²) >= 11 is 0. The molecule has 1 heterocycles. The van der Waals surface area contributed by atoms with E-state index in [0.717, 1.165) is 11.6 Å². The molecule has 1 aliphatic carbocycles. The van der Waals surface area contributed by atoms with Crippen LogP contribution in [0.15, 0.2) is 18.3 Å². The molecule has 100 valence electrons. The van der Waals surface area contributed by atoms with E-state index in [9.17, 15) is 4.39 Å². The molecule has 1 N–H and O–H groups in total. The number of pyridine rings is 1. The van der Waals surface area contributed by atoms with Crippen molar-refractivity contribution in [1.29, 1.82) is 0 Å². The lowest BCUT2D eigenvalue weighted by Crippen LogP contribution is -2.33. The molecule has 1 aromatic heterocycles. The molecule has 1 aromatic rings. The third-order valence-corrected chi connectivity index (χ3v) is 4.30. The smallest absolute Gasteiger partial charge is 0.141 e. The molecule has 3 unspecified atom stereocenters. The molecular formula is C15H23FN2. The minimum atomic E-state index is -0.260. The van der Waals surface area contributed by atoms with Crippen molar-refractivity contribution < 1.29 is 4.39 Å². The van der Waals surface area contributed by atoms with Crippen LogP contribution >= 0.6 is 0 Å². The lowest BCUT2D eigenvalue weighted by Gasteiger charge is -2.36. The fraction of sp³-hybridized carbons (Fsp3) is 0.667. The first kappa shape index (κ1) is 13.5. The van der Waals surface area contributed by atoms with Gasteiger partial charge in [-0.1, -0.05) is 32.6 Å². The van der Waals surface area contributed by atoms with Gasteiger partial charge in [0, 0.05) is 0 Å². The molecule has 1 aliphatic rings. The fourth-order valence-corrected chi connectivity index (χ4v) is 3.33. The highest BCUT2D eigenvalue weighted by Gasteiger charge is 2.31. The van der Waals surface area contributed by atoms with Crippen molar-refractivity contribution in [2.45, 2.75) is 45.1 Å². The van der Waals surface area contributed by atoms with Crippen molar-refractivity contribution in [3.05, 3.63) is 29.8 Å². The van der Waals surface area contributed by atoms with E-state index in [1.165, 1.54) is 44.4 Å². The highest BCUT2D eigenvalue weighted by molar-refractivity contribution is 5.11. The van der Waals surface area contributed by atoms with Gasteiger partial charge < -0.3 is 5.32 Å². The van der Waals surface area contributed by atoms with Crippen LogP contribution in [-0.2, 0) is 0 Å². The third kappa shape index (κ3) is 2.89. The molecule has 0 bridgehead atoms. The third-order valence-electron chi connectivity index (χ3n) is 4.30. The maximum atomic E-state index is 13.0. The Bertz CT molecular complexity index is 363. The molecule has 0 aliphatic heterocycles. The number of hydrogen-bond acceptors (Lipinski definition) is 2. The zero-order valence-electron chi connectivity index (χ0n) is 11.3. The van der Waals surface area contributed by atoms with Gasteiger partial charge in [0.1, 0.15) is 5.82 Å². The summed E-state index contributed by atoms with van der Waals surface area (Å²) < 4.78 is 13.0. The minimum absolute atomic E-state index is 0.260. The first-order chi connectivity index (χ1) is 8.76. The maximum Gasteiger partial charge on any atom is 0.141 e. The number of aromatic nitrogens is 1. The number of rotatable bonds is 4. The second kappa shape index (κ2) is 6.28. The Hall–Kier alpha value is -0.960. The van der Waals surface area contributed by atoms with E-state index in [0.29, 0.717) is 5.92 Å². The zero-order valence-corrected chi connectivity index (χ0v) is 11.3. The van der Waals surface area contributed by atoms with Crippen LogP contribution in [0.25, 0.3) is 0 Å². The van der Waals surface area contributed by atoms with Gasteiger partial charge in [-0.2, -0.15) is 0 Å². The van der Waals surface area contributed by atoms with Gasteiger partial charge in [0.2, 0.25) is 0 Å². The summed E-state index contributed by atoms with van der Waals surface area (Å²) in [5.74, 6) is 1.14. The van der Waals surface area contributed by atoms with Crippen molar-refractivity contribution in [3.8, 4) is 0 Å². The number of nitrogens with one attached hydrogen (secondary N) is 1. The normalized spacial score (nSPS) is 25.9. The van der Waals surface area contributed by atoms with E-state index in [1.807, 2.05) is 13.1 Å². The summed E-state index contributed by atoms with van der Waals surface area (Å²) in [5, 5.41) is 3.39. The summed E-state index contributed by atoms with van der Waals surface area (Å²) in [6.07, 6.45) is 7.78. The van der Waals surface area contributed by atoms with Gasteiger partial charge >= 0.3 is 0 Å². The first-order valence-electron chi connectivity index (χ1n) is 7.05. The summed E-state index contributed by atoms with van der Waals surface area (Å²) in [5.41, 5.74) is 0.976. The Balaban J connectivity index is 2.18. The van der Waals surface area contributed by atoms with Crippen molar-refractivity contribution >= 4 is 0 Å². The van der Waals surface area contributed by atoms with Crippen LogP contribution in [-0.4, -0.2) is 12.0 Å². The van der Waals surface area contributed by atoms with Crippen LogP contribution in [0, 0.1) is 17.7 Å². The molecular weight excluding hydrogens is 227 g/mol. The van der Waals surface area contributed by atoms with Gasteiger partial charge in [-0.15, -0.1) is 0 Å². The summed E-state index contributed by atoms with van der Waals surface area (Å²) in [6.45, 7) is 2.27. The Morgan fingerprint density at radius 3 is 2.78 bits per heavy atom. The van der Waals surface area contributed by atoms with Crippen molar-refractivity contribution in [1.82, 2.24) is 10.3 Å². The molecule has 0 spiro atoms. The predicted molar refractivity (Wildman–Crippen MR) is 71.7 cm³/mol. The van der Waals surface area contributed by atoms with Crippen LogP contribution < -0.4 is 5.32 Å². The van der Waals surface area contributed by atoms with Crippen LogP contribution in [0.3, 0.4) is 0 Å². The first-order valence-corrected chi connectivity index (χ1v) is 7.05. The Morgan fingerprint density at radius 1 is 1.39 bits per heavy atom. The molecule has 18 heavy (non-hydrogen) atoms. The van der Waals surface area contributed by atoms with Crippen LogP contribution in [0.1, 0.15) is 50.8 Å². The number of nitrogens with zero attached hydrogens (tertiary/aromatic N) is 1. The summed E-state index contributed by atoms with van der Waals surface area (Å²) in [6, 6.07) is 3.59. The molecule has 0 saturated heterocycles. The lowest BCUT2D eigenvalue weighted by atomic mass is 9.73. The Morgan fingerprint density at radius 2 is 2.17 bits per heavy atom. The van der Waals surface area contributed by atoms with E-state index < -0.39 is 0 Å². The van der Waals surface area contributed by atoms with E-state index in [4.69, 9.17) is 0 Å².